The largest absolute Gasteiger partial charge is 0.459 e. The van der Waals surface area contributed by atoms with Gasteiger partial charge in [0.25, 0.3) is 5.91 Å². The van der Waals surface area contributed by atoms with Crippen LogP contribution in [0.1, 0.15) is 54.3 Å². The molecule has 0 radical (unpaired) electrons. The maximum absolute atomic E-state index is 13.4. The minimum absolute atomic E-state index is 0.0883. The van der Waals surface area contributed by atoms with Crippen molar-refractivity contribution in [3.05, 3.63) is 71.7 Å². The maximum atomic E-state index is 13.4. The zero-order valence-electron chi connectivity index (χ0n) is 17.9. The first-order valence-electron chi connectivity index (χ1n) is 10.8. The van der Waals surface area contributed by atoms with Crippen molar-refractivity contribution < 1.29 is 18.8 Å². The molecule has 0 aliphatic heterocycles. The number of nitrogens with zero attached hydrogens (tertiary/aromatic N) is 1. The Bertz CT molecular complexity index is 921. The molecule has 1 aromatic carbocycles. The summed E-state index contributed by atoms with van der Waals surface area (Å²) in [6.45, 7) is 3.59. The van der Waals surface area contributed by atoms with Gasteiger partial charge in [0.1, 0.15) is 6.04 Å². The molecule has 2 N–H and O–H groups in total. The van der Waals surface area contributed by atoms with Gasteiger partial charge in [0.2, 0.25) is 11.8 Å². The highest BCUT2D eigenvalue weighted by atomic mass is 35.5. The van der Waals surface area contributed by atoms with Crippen LogP contribution in [0.3, 0.4) is 0 Å². The molecular formula is C24H28ClN3O4. The van der Waals surface area contributed by atoms with Crippen molar-refractivity contribution in [3.8, 4) is 0 Å². The fourth-order valence-electron chi connectivity index (χ4n) is 3.89. The van der Waals surface area contributed by atoms with Gasteiger partial charge < -0.3 is 20.0 Å². The van der Waals surface area contributed by atoms with Crippen molar-refractivity contribution in [2.75, 3.05) is 13.1 Å². The molecule has 0 spiro atoms. The van der Waals surface area contributed by atoms with E-state index in [4.69, 9.17) is 16.0 Å². The predicted molar refractivity (Wildman–Crippen MR) is 122 cm³/mol. The lowest BCUT2D eigenvalue weighted by atomic mass is 9.94. The van der Waals surface area contributed by atoms with Gasteiger partial charge in [-0.2, -0.15) is 0 Å². The van der Waals surface area contributed by atoms with Gasteiger partial charge in [0.15, 0.2) is 5.76 Å². The molecule has 1 atom stereocenters. The van der Waals surface area contributed by atoms with Gasteiger partial charge in [0.05, 0.1) is 12.8 Å². The molecular weight excluding hydrogens is 430 g/mol. The van der Waals surface area contributed by atoms with Crippen molar-refractivity contribution in [1.29, 1.82) is 0 Å². The minimum atomic E-state index is -0.875. The third-order valence-corrected chi connectivity index (χ3v) is 5.74. The lowest BCUT2D eigenvalue weighted by Crippen LogP contribution is -2.49. The summed E-state index contributed by atoms with van der Waals surface area (Å²) < 4.78 is 5.06. The number of rotatable bonds is 9. The highest BCUT2D eigenvalue weighted by Gasteiger charge is 2.32. The molecule has 170 valence electrons. The number of carbonyl (C=O) groups is 3. The summed E-state index contributed by atoms with van der Waals surface area (Å²) in [5.41, 5.74) is 0.635. The van der Waals surface area contributed by atoms with Crippen molar-refractivity contribution in [1.82, 2.24) is 15.5 Å². The van der Waals surface area contributed by atoms with Crippen LogP contribution >= 0.6 is 11.6 Å². The molecule has 1 aromatic heterocycles. The molecule has 32 heavy (non-hydrogen) atoms. The highest BCUT2D eigenvalue weighted by molar-refractivity contribution is 6.30. The summed E-state index contributed by atoms with van der Waals surface area (Å²) in [6.07, 6.45) is 8.11. The van der Waals surface area contributed by atoms with Crippen molar-refractivity contribution in [2.45, 2.75) is 44.2 Å². The van der Waals surface area contributed by atoms with Crippen LogP contribution in [0.4, 0.5) is 0 Å². The number of hydrogen-bond acceptors (Lipinski definition) is 4. The molecule has 1 fully saturated rings. The van der Waals surface area contributed by atoms with Crippen LogP contribution < -0.4 is 10.6 Å². The van der Waals surface area contributed by atoms with Gasteiger partial charge >= 0.3 is 0 Å². The Kier molecular flexibility index (Phi) is 8.50. The Morgan fingerprint density at radius 3 is 2.50 bits per heavy atom. The summed E-state index contributed by atoms with van der Waals surface area (Å²) >= 11 is 6.03. The van der Waals surface area contributed by atoms with Crippen LogP contribution in [-0.4, -0.2) is 41.8 Å². The molecule has 3 amide bonds. The van der Waals surface area contributed by atoms with Crippen molar-refractivity contribution in [2.24, 2.45) is 0 Å². The van der Waals surface area contributed by atoms with Crippen molar-refractivity contribution >= 4 is 29.3 Å². The van der Waals surface area contributed by atoms with Crippen LogP contribution in [0.5, 0.6) is 0 Å². The summed E-state index contributed by atoms with van der Waals surface area (Å²) in [6, 6.07) is 9.16. The zero-order valence-corrected chi connectivity index (χ0v) is 18.6. The van der Waals surface area contributed by atoms with E-state index in [1.54, 1.807) is 36.4 Å². The standard InChI is InChI=1S/C24H28ClN3O4/c1-2-14-28(21(29)16-26-23(30)20-9-6-15-32-20)22(17-10-12-18(25)13-11-17)24(31)27-19-7-4-3-5-8-19/h2,6,9-13,15,19,22H,1,3-5,7-8,14,16H2,(H,26,30)(H,27,31)/t22-/m1/s1. The van der Waals surface area contributed by atoms with E-state index in [1.807, 2.05) is 0 Å². The fourth-order valence-corrected chi connectivity index (χ4v) is 4.01. The molecule has 1 heterocycles. The Labute approximate surface area is 192 Å². The number of nitrogens with one attached hydrogen (secondary N) is 2. The predicted octanol–water partition coefficient (Wildman–Crippen LogP) is 3.87. The number of benzene rings is 1. The number of hydrogen-bond donors (Lipinski definition) is 2. The first kappa shape index (κ1) is 23.6. The molecule has 0 unspecified atom stereocenters. The van der Waals surface area contributed by atoms with E-state index >= 15 is 0 Å². The van der Waals surface area contributed by atoms with Gasteiger partial charge in [-0.3, -0.25) is 14.4 Å². The summed E-state index contributed by atoms with van der Waals surface area (Å²) in [7, 11) is 0. The Balaban J connectivity index is 1.80. The van der Waals surface area contributed by atoms with Gasteiger partial charge in [-0.25, -0.2) is 0 Å². The molecule has 0 bridgehead atoms. The third-order valence-electron chi connectivity index (χ3n) is 5.49. The minimum Gasteiger partial charge on any atom is -0.459 e. The summed E-state index contributed by atoms with van der Waals surface area (Å²) in [4.78, 5) is 40.1. The van der Waals surface area contributed by atoms with E-state index in [-0.39, 0.29) is 30.8 Å². The van der Waals surface area contributed by atoms with Gasteiger partial charge in [-0.15, -0.1) is 6.58 Å². The second kappa shape index (κ2) is 11.5. The molecule has 2 aromatic rings. The Hall–Kier alpha value is -3.06. The van der Waals surface area contributed by atoms with Gasteiger partial charge in [0, 0.05) is 17.6 Å². The molecule has 7 nitrogen and oxygen atoms in total. The third kappa shape index (κ3) is 6.23. The summed E-state index contributed by atoms with van der Waals surface area (Å²) in [5, 5.41) is 6.19. The normalized spacial score (nSPS) is 14.9. The monoisotopic (exact) mass is 457 g/mol. The second-order valence-corrected chi connectivity index (χ2v) is 8.23. The number of amides is 3. The van der Waals surface area contributed by atoms with Crippen LogP contribution in [0.15, 0.2) is 59.7 Å². The van der Waals surface area contributed by atoms with E-state index in [2.05, 4.69) is 17.2 Å². The fraction of sp³-hybridized carbons (Fsp3) is 0.375. The molecule has 1 aliphatic carbocycles. The van der Waals surface area contributed by atoms with Crippen molar-refractivity contribution in [3.63, 3.8) is 0 Å². The van der Waals surface area contributed by atoms with Crippen LogP contribution in [0.25, 0.3) is 0 Å². The van der Waals surface area contributed by atoms with E-state index in [0.29, 0.717) is 10.6 Å². The maximum Gasteiger partial charge on any atom is 0.287 e. The number of carbonyl (C=O) groups excluding carboxylic acids is 3. The average Bonchev–Trinajstić information content (AvgIpc) is 3.34. The van der Waals surface area contributed by atoms with Crippen LogP contribution in [-0.2, 0) is 9.59 Å². The summed E-state index contributed by atoms with van der Waals surface area (Å²) in [5.74, 6) is -1.07. The van der Waals surface area contributed by atoms with E-state index in [1.165, 1.54) is 23.7 Å². The average molecular weight is 458 g/mol. The van der Waals surface area contributed by atoms with E-state index < -0.39 is 17.9 Å². The molecule has 3 rings (SSSR count). The molecule has 0 saturated heterocycles. The second-order valence-electron chi connectivity index (χ2n) is 7.79. The number of furan rings is 1. The molecule has 1 saturated carbocycles. The SMILES string of the molecule is C=CCN(C(=O)CNC(=O)c1ccco1)[C@@H](C(=O)NC1CCCCC1)c1ccc(Cl)cc1. The smallest absolute Gasteiger partial charge is 0.287 e. The topological polar surface area (TPSA) is 91.7 Å². The van der Waals surface area contributed by atoms with E-state index in [9.17, 15) is 14.4 Å². The lowest BCUT2D eigenvalue weighted by Gasteiger charge is -2.33. The lowest BCUT2D eigenvalue weighted by molar-refractivity contribution is -0.139. The Morgan fingerprint density at radius 1 is 1.16 bits per heavy atom. The quantitative estimate of drug-likeness (QED) is 0.559. The molecule has 1 aliphatic rings. The number of halogens is 1. The highest BCUT2D eigenvalue weighted by Crippen LogP contribution is 2.25. The molecule has 8 heteroatoms. The van der Waals surface area contributed by atoms with Gasteiger partial charge in [-0.05, 0) is 42.7 Å². The first-order valence-corrected chi connectivity index (χ1v) is 11.2. The van der Waals surface area contributed by atoms with E-state index in [0.717, 1.165) is 25.7 Å². The van der Waals surface area contributed by atoms with Crippen LogP contribution in [0, 0.1) is 0 Å². The Morgan fingerprint density at radius 2 is 1.88 bits per heavy atom. The zero-order chi connectivity index (χ0) is 22.9. The van der Waals surface area contributed by atoms with Crippen LogP contribution in [0.2, 0.25) is 5.02 Å². The first-order chi connectivity index (χ1) is 15.5. The van der Waals surface area contributed by atoms with Gasteiger partial charge in [-0.1, -0.05) is 49.1 Å².